The highest BCUT2D eigenvalue weighted by Gasteiger charge is 2.47. The summed E-state index contributed by atoms with van der Waals surface area (Å²) in [7, 11) is 0. The SMILES string of the molecule is CC(=O)N1c2ccc(N=C=O)cc2C(C)(c2ccccc2)CC1(C)C. The van der Waals surface area contributed by atoms with E-state index < -0.39 is 0 Å². The summed E-state index contributed by atoms with van der Waals surface area (Å²) in [5.74, 6) is 0.00741. The molecular weight excluding hydrogens is 312 g/mol. The van der Waals surface area contributed by atoms with E-state index in [1.165, 1.54) is 5.56 Å². The Morgan fingerprint density at radius 1 is 1.12 bits per heavy atom. The highest BCUT2D eigenvalue weighted by atomic mass is 16.2. The second kappa shape index (κ2) is 5.98. The van der Waals surface area contributed by atoms with Gasteiger partial charge < -0.3 is 4.90 Å². The average molecular weight is 334 g/mol. The fraction of sp³-hybridized carbons (Fsp3) is 0.333. The monoisotopic (exact) mass is 334 g/mol. The molecule has 0 fully saturated rings. The Bertz CT molecular complexity index is 867. The molecule has 0 saturated heterocycles. The molecule has 4 nitrogen and oxygen atoms in total. The number of carbonyl (C=O) groups is 1. The number of isocyanates is 1. The van der Waals surface area contributed by atoms with Gasteiger partial charge >= 0.3 is 0 Å². The number of rotatable bonds is 2. The predicted molar refractivity (Wildman–Crippen MR) is 99.0 cm³/mol. The van der Waals surface area contributed by atoms with Crippen molar-refractivity contribution in [2.24, 2.45) is 4.99 Å². The van der Waals surface area contributed by atoms with Gasteiger partial charge in [0, 0.05) is 23.6 Å². The van der Waals surface area contributed by atoms with Crippen LogP contribution in [0.25, 0.3) is 0 Å². The summed E-state index contributed by atoms with van der Waals surface area (Å²) in [6.07, 6.45) is 2.37. The molecule has 1 unspecified atom stereocenters. The molecule has 1 amide bonds. The van der Waals surface area contributed by atoms with Gasteiger partial charge in [0.15, 0.2) is 0 Å². The summed E-state index contributed by atoms with van der Waals surface area (Å²) < 4.78 is 0. The van der Waals surface area contributed by atoms with Crippen molar-refractivity contribution in [2.45, 2.75) is 45.1 Å². The van der Waals surface area contributed by atoms with Crippen LogP contribution in [0, 0.1) is 0 Å². The Kier molecular flexibility index (Phi) is 4.09. The Morgan fingerprint density at radius 2 is 1.80 bits per heavy atom. The standard InChI is InChI=1S/C21H22N2O2/c1-15(25)23-19-11-10-17(22-14-24)12-18(19)21(4,13-20(23,2)3)16-8-6-5-7-9-16/h5-12H,13H2,1-4H3. The van der Waals surface area contributed by atoms with E-state index in [2.05, 4.69) is 37.9 Å². The summed E-state index contributed by atoms with van der Waals surface area (Å²) in [5, 5.41) is 0. The quantitative estimate of drug-likeness (QED) is 0.600. The number of aliphatic imine (C=N–C) groups is 1. The van der Waals surface area contributed by atoms with E-state index in [1.807, 2.05) is 35.2 Å². The van der Waals surface area contributed by atoms with E-state index in [0.29, 0.717) is 5.69 Å². The van der Waals surface area contributed by atoms with Gasteiger partial charge in [-0.1, -0.05) is 37.3 Å². The van der Waals surface area contributed by atoms with Gasteiger partial charge in [-0.15, -0.1) is 0 Å². The molecule has 0 N–H and O–H groups in total. The molecule has 0 aliphatic carbocycles. The first kappa shape index (κ1) is 17.1. The van der Waals surface area contributed by atoms with Gasteiger partial charge in [0.2, 0.25) is 12.0 Å². The molecule has 2 aromatic rings. The van der Waals surface area contributed by atoms with Crippen LogP contribution in [0.3, 0.4) is 0 Å². The molecule has 0 saturated carbocycles. The maximum atomic E-state index is 12.4. The van der Waals surface area contributed by atoms with E-state index >= 15 is 0 Å². The van der Waals surface area contributed by atoms with E-state index in [0.717, 1.165) is 17.7 Å². The molecule has 2 aromatic carbocycles. The maximum Gasteiger partial charge on any atom is 0.240 e. The smallest absolute Gasteiger partial charge is 0.240 e. The topological polar surface area (TPSA) is 49.7 Å². The Morgan fingerprint density at radius 3 is 2.40 bits per heavy atom. The van der Waals surface area contributed by atoms with Crippen molar-refractivity contribution >= 4 is 23.4 Å². The number of hydrogen-bond acceptors (Lipinski definition) is 3. The van der Waals surface area contributed by atoms with Gasteiger partial charge in [0.25, 0.3) is 0 Å². The van der Waals surface area contributed by atoms with Gasteiger partial charge in [-0.25, -0.2) is 4.79 Å². The van der Waals surface area contributed by atoms with Crippen LogP contribution in [-0.2, 0) is 15.0 Å². The molecule has 0 bridgehead atoms. The predicted octanol–water partition coefficient (Wildman–Crippen LogP) is 4.50. The summed E-state index contributed by atoms with van der Waals surface area (Å²) >= 11 is 0. The van der Waals surface area contributed by atoms with Crippen LogP contribution < -0.4 is 4.90 Å². The molecule has 25 heavy (non-hydrogen) atoms. The largest absolute Gasteiger partial charge is 0.307 e. The number of hydrogen-bond donors (Lipinski definition) is 0. The van der Waals surface area contributed by atoms with Crippen molar-refractivity contribution in [3.8, 4) is 0 Å². The molecule has 0 radical (unpaired) electrons. The van der Waals surface area contributed by atoms with Gasteiger partial charge in [-0.3, -0.25) is 4.79 Å². The van der Waals surface area contributed by atoms with Crippen molar-refractivity contribution in [2.75, 3.05) is 4.90 Å². The molecule has 128 valence electrons. The van der Waals surface area contributed by atoms with Crippen molar-refractivity contribution in [1.29, 1.82) is 0 Å². The molecule has 0 spiro atoms. The number of fused-ring (bicyclic) bond motifs is 1. The number of carbonyl (C=O) groups excluding carboxylic acids is 2. The van der Waals surface area contributed by atoms with Gasteiger partial charge in [-0.2, -0.15) is 4.99 Å². The third-order valence-corrected chi connectivity index (χ3v) is 5.11. The fourth-order valence-corrected chi connectivity index (χ4v) is 4.31. The first-order chi connectivity index (χ1) is 11.8. The van der Waals surface area contributed by atoms with E-state index in [4.69, 9.17) is 0 Å². The lowest BCUT2D eigenvalue weighted by atomic mass is 9.65. The Labute approximate surface area is 148 Å². The molecule has 1 aliphatic heterocycles. The van der Waals surface area contributed by atoms with Crippen LogP contribution in [-0.4, -0.2) is 17.5 Å². The third kappa shape index (κ3) is 2.79. The van der Waals surface area contributed by atoms with Crippen LogP contribution in [0.5, 0.6) is 0 Å². The molecule has 3 rings (SSSR count). The lowest BCUT2D eigenvalue weighted by Gasteiger charge is -2.51. The molecular formula is C21H22N2O2. The Balaban J connectivity index is 2.32. The van der Waals surface area contributed by atoms with Crippen LogP contribution >= 0.6 is 0 Å². The number of amides is 1. The molecule has 4 heteroatoms. The van der Waals surface area contributed by atoms with Crippen molar-refractivity contribution < 1.29 is 9.59 Å². The number of benzene rings is 2. The Hall–Kier alpha value is -2.71. The highest BCUT2D eigenvalue weighted by molar-refractivity contribution is 5.95. The molecule has 0 aromatic heterocycles. The average Bonchev–Trinajstić information content (AvgIpc) is 2.55. The lowest BCUT2D eigenvalue weighted by molar-refractivity contribution is -0.117. The zero-order chi connectivity index (χ0) is 18.2. The lowest BCUT2D eigenvalue weighted by Crippen LogP contribution is -2.55. The summed E-state index contributed by atoms with van der Waals surface area (Å²) in [5.41, 5.74) is 2.99. The minimum atomic E-state index is -0.334. The maximum absolute atomic E-state index is 12.4. The zero-order valence-corrected chi connectivity index (χ0v) is 15.0. The first-order valence-corrected chi connectivity index (χ1v) is 8.38. The van der Waals surface area contributed by atoms with Crippen molar-refractivity contribution in [3.63, 3.8) is 0 Å². The minimum absolute atomic E-state index is 0.00741. The second-order valence-corrected chi connectivity index (χ2v) is 7.45. The van der Waals surface area contributed by atoms with Crippen molar-refractivity contribution in [3.05, 3.63) is 59.7 Å². The zero-order valence-electron chi connectivity index (χ0n) is 15.0. The number of anilines is 1. The normalized spacial score (nSPS) is 21.2. The van der Waals surface area contributed by atoms with Crippen LogP contribution in [0.15, 0.2) is 53.5 Å². The fourth-order valence-electron chi connectivity index (χ4n) is 4.31. The highest BCUT2D eigenvalue weighted by Crippen LogP contribution is 2.51. The molecule has 1 aliphatic rings. The molecule has 1 atom stereocenters. The minimum Gasteiger partial charge on any atom is -0.307 e. The van der Waals surface area contributed by atoms with E-state index in [-0.39, 0.29) is 16.9 Å². The molecule has 1 heterocycles. The van der Waals surface area contributed by atoms with Crippen LogP contribution in [0.2, 0.25) is 0 Å². The summed E-state index contributed by atoms with van der Waals surface area (Å²) in [6.45, 7) is 7.97. The van der Waals surface area contributed by atoms with Gasteiger partial charge in [0.05, 0.1) is 5.69 Å². The van der Waals surface area contributed by atoms with Crippen LogP contribution in [0.4, 0.5) is 11.4 Å². The number of nitrogens with zero attached hydrogens (tertiary/aromatic N) is 2. The van der Waals surface area contributed by atoms with E-state index in [1.54, 1.807) is 19.1 Å². The summed E-state index contributed by atoms with van der Waals surface area (Å²) in [6, 6.07) is 15.8. The first-order valence-electron chi connectivity index (χ1n) is 8.38. The van der Waals surface area contributed by atoms with Crippen LogP contribution in [0.1, 0.15) is 45.2 Å². The second-order valence-electron chi connectivity index (χ2n) is 7.45. The van der Waals surface area contributed by atoms with Gasteiger partial charge in [-0.05, 0) is 49.6 Å². The van der Waals surface area contributed by atoms with Crippen molar-refractivity contribution in [1.82, 2.24) is 0 Å². The van der Waals surface area contributed by atoms with E-state index in [9.17, 15) is 9.59 Å². The third-order valence-electron chi connectivity index (χ3n) is 5.11. The van der Waals surface area contributed by atoms with Gasteiger partial charge in [0.1, 0.15) is 0 Å². The summed E-state index contributed by atoms with van der Waals surface area (Å²) in [4.78, 5) is 28.7.